The summed E-state index contributed by atoms with van der Waals surface area (Å²) in [7, 11) is 0. The van der Waals surface area contributed by atoms with Crippen LogP contribution >= 0.6 is 23.1 Å². The molecule has 2 rings (SSSR count). The lowest BCUT2D eigenvalue weighted by atomic mass is 10.3. The fourth-order valence-electron chi connectivity index (χ4n) is 1.40. The number of thiophene rings is 1. The summed E-state index contributed by atoms with van der Waals surface area (Å²) in [6.45, 7) is -0.0816. The van der Waals surface area contributed by atoms with Crippen LogP contribution < -0.4 is 0 Å². The van der Waals surface area contributed by atoms with Crippen molar-refractivity contribution in [3.63, 3.8) is 0 Å². The first-order valence-electron chi connectivity index (χ1n) is 5.08. The molecular formula is C11H9NO4S2. The minimum absolute atomic E-state index is 0.0816. The fourth-order valence-corrected chi connectivity index (χ4v) is 2.99. The second-order valence-electron chi connectivity index (χ2n) is 3.49. The Hall–Kier alpha value is -1.60. The van der Waals surface area contributed by atoms with Crippen molar-refractivity contribution in [3.8, 4) is 0 Å². The molecule has 1 aliphatic rings. The van der Waals surface area contributed by atoms with Gasteiger partial charge in [-0.3, -0.25) is 19.3 Å². The lowest BCUT2D eigenvalue weighted by Crippen LogP contribution is -2.30. The third kappa shape index (κ3) is 2.80. The molecule has 0 aliphatic carbocycles. The molecule has 18 heavy (non-hydrogen) atoms. The van der Waals surface area contributed by atoms with Gasteiger partial charge in [-0.15, -0.1) is 11.3 Å². The first-order chi connectivity index (χ1) is 8.58. The predicted molar refractivity (Wildman–Crippen MR) is 69.2 cm³/mol. The maximum Gasteiger partial charge on any atom is 0.305 e. The van der Waals surface area contributed by atoms with Crippen LogP contribution in [0.2, 0.25) is 0 Å². The molecule has 2 heterocycles. The largest absolute Gasteiger partial charge is 0.481 e. The van der Waals surface area contributed by atoms with Crippen molar-refractivity contribution in [1.82, 2.24) is 4.90 Å². The van der Waals surface area contributed by atoms with E-state index >= 15 is 0 Å². The van der Waals surface area contributed by atoms with Crippen LogP contribution in [0.25, 0.3) is 6.08 Å². The predicted octanol–water partition coefficient (Wildman–Crippen LogP) is 2.26. The van der Waals surface area contributed by atoms with Gasteiger partial charge in [0.05, 0.1) is 11.3 Å². The average Bonchev–Trinajstić information content (AvgIpc) is 2.88. The first kappa shape index (κ1) is 12.8. The molecule has 1 saturated heterocycles. The molecule has 0 bridgehead atoms. The van der Waals surface area contributed by atoms with E-state index in [1.165, 1.54) is 11.3 Å². The molecule has 7 heteroatoms. The van der Waals surface area contributed by atoms with Crippen LogP contribution in [0, 0.1) is 0 Å². The summed E-state index contributed by atoms with van der Waals surface area (Å²) in [6, 6.07) is 3.70. The summed E-state index contributed by atoms with van der Waals surface area (Å²) in [6.07, 6.45) is 1.42. The number of hydrogen-bond donors (Lipinski definition) is 1. The van der Waals surface area contributed by atoms with Crippen molar-refractivity contribution >= 4 is 46.3 Å². The molecule has 5 nitrogen and oxygen atoms in total. The van der Waals surface area contributed by atoms with E-state index in [0.717, 1.165) is 21.5 Å². The molecule has 0 unspecified atom stereocenters. The molecule has 0 spiro atoms. The van der Waals surface area contributed by atoms with Gasteiger partial charge >= 0.3 is 5.97 Å². The number of carbonyl (C=O) groups is 3. The third-order valence-corrected chi connectivity index (χ3v) is 3.97. The molecule has 0 aromatic carbocycles. The van der Waals surface area contributed by atoms with E-state index in [9.17, 15) is 14.4 Å². The minimum Gasteiger partial charge on any atom is -0.481 e. The Morgan fingerprint density at radius 2 is 2.22 bits per heavy atom. The van der Waals surface area contributed by atoms with E-state index < -0.39 is 17.1 Å². The van der Waals surface area contributed by atoms with Crippen molar-refractivity contribution in [2.45, 2.75) is 6.42 Å². The van der Waals surface area contributed by atoms with Gasteiger partial charge in [-0.2, -0.15) is 0 Å². The van der Waals surface area contributed by atoms with Crippen LogP contribution in [0.15, 0.2) is 22.4 Å². The van der Waals surface area contributed by atoms with Gasteiger partial charge in [0.2, 0.25) is 0 Å². The summed E-state index contributed by atoms with van der Waals surface area (Å²) in [5, 5.41) is 10.0. The van der Waals surface area contributed by atoms with Gasteiger partial charge in [0.1, 0.15) is 0 Å². The highest BCUT2D eigenvalue weighted by Gasteiger charge is 2.34. The highest BCUT2D eigenvalue weighted by atomic mass is 32.2. The van der Waals surface area contributed by atoms with Gasteiger partial charge in [-0.1, -0.05) is 6.07 Å². The van der Waals surface area contributed by atoms with Crippen LogP contribution in [-0.2, 0) is 9.59 Å². The van der Waals surface area contributed by atoms with Crippen molar-refractivity contribution in [2.75, 3.05) is 6.54 Å². The van der Waals surface area contributed by atoms with Crippen LogP contribution in [0.3, 0.4) is 0 Å². The number of amides is 2. The molecule has 1 aromatic heterocycles. The smallest absolute Gasteiger partial charge is 0.305 e. The summed E-state index contributed by atoms with van der Waals surface area (Å²) in [4.78, 5) is 36.1. The molecule has 0 atom stereocenters. The van der Waals surface area contributed by atoms with E-state index in [2.05, 4.69) is 0 Å². The summed E-state index contributed by atoms with van der Waals surface area (Å²) >= 11 is 2.31. The van der Waals surface area contributed by atoms with Crippen molar-refractivity contribution in [3.05, 3.63) is 27.3 Å². The maximum atomic E-state index is 11.9. The number of carbonyl (C=O) groups excluding carboxylic acids is 2. The number of hydrogen-bond acceptors (Lipinski definition) is 5. The number of carboxylic acids is 1. The van der Waals surface area contributed by atoms with Crippen LogP contribution in [0.4, 0.5) is 4.79 Å². The Labute approximate surface area is 111 Å². The number of aliphatic carboxylic acids is 1. The molecule has 0 radical (unpaired) electrons. The van der Waals surface area contributed by atoms with E-state index in [4.69, 9.17) is 5.11 Å². The van der Waals surface area contributed by atoms with Gasteiger partial charge in [-0.25, -0.2) is 0 Å². The first-order valence-corrected chi connectivity index (χ1v) is 6.78. The number of rotatable bonds is 4. The van der Waals surface area contributed by atoms with Gasteiger partial charge in [-0.05, 0) is 29.3 Å². The topological polar surface area (TPSA) is 74.7 Å². The molecule has 94 valence electrons. The standard InChI is InChI=1S/C11H9NO4S2/c13-9(14)3-4-12-10(15)8(18-11(12)16)6-7-2-1-5-17-7/h1-2,5-6H,3-4H2,(H,13,14)/b8-6-. The second-order valence-corrected chi connectivity index (χ2v) is 5.46. The number of nitrogens with zero attached hydrogens (tertiary/aromatic N) is 1. The minimum atomic E-state index is -1.03. The van der Waals surface area contributed by atoms with Crippen LogP contribution in [-0.4, -0.2) is 33.7 Å². The second kappa shape index (κ2) is 5.36. The highest BCUT2D eigenvalue weighted by Crippen LogP contribution is 2.32. The Morgan fingerprint density at radius 1 is 1.44 bits per heavy atom. The molecule has 1 N–H and O–H groups in total. The van der Waals surface area contributed by atoms with Gasteiger partial charge < -0.3 is 5.11 Å². The molecule has 2 amide bonds. The van der Waals surface area contributed by atoms with Crippen molar-refractivity contribution in [2.24, 2.45) is 0 Å². The number of carboxylic acid groups (broad SMARTS) is 1. The molecular weight excluding hydrogens is 274 g/mol. The zero-order chi connectivity index (χ0) is 13.1. The summed E-state index contributed by atoms with van der Waals surface area (Å²) < 4.78 is 0. The SMILES string of the molecule is O=C(O)CCN1C(=O)S/C(=C\c2cccs2)C1=O. The zero-order valence-corrected chi connectivity index (χ0v) is 10.8. The van der Waals surface area contributed by atoms with Crippen molar-refractivity contribution in [1.29, 1.82) is 0 Å². The van der Waals surface area contributed by atoms with E-state index in [0.29, 0.717) is 4.91 Å². The molecule has 1 aromatic rings. The van der Waals surface area contributed by atoms with E-state index in [1.807, 2.05) is 17.5 Å². The van der Waals surface area contributed by atoms with E-state index in [1.54, 1.807) is 6.08 Å². The molecule has 0 saturated carbocycles. The quantitative estimate of drug-likeness (QED) is 0.858. The molecule has 1 aliphatic heterocycles. The average molecular weight is 283 g/mol. The number of imide groups is 1. The van der Waals surface area contributed by atoms with Gasteiger partial charge in [0.15, 0.2) is 0 Å². The van der Waals surface area contributed by atoms with Gasteiger partial charge in [0.25, 0.3) is 11.1 Å². The molecule has 1 fully saturated rings. The van der Waals surface area contributed by atoms with Gasteiger partial charge in [0, 0.05) is 11.4 Å². The van der Waals surface area contributed by atoms with Crippen molar-refractivity contribution < 1.29 is 19.5 Å². The Morgan fingerprint density at radius 3 is 2.83 bits per heavy atom. The lowest BCUT2D eigenvalue weighted by Gasteiger charge is -2.09. The van der Waals surface area contributed by atoms with E-state index in [-0.39, 0.29) is 13.0 Å². The lowest BCUT2D eigenvalue weighted by molar-refractivity contribution is -0.137. The van der Waals surface area contributed by atoms with Crippen LogP contribution in [0.1, 0.15) is 11.3 Å². The Balaban J connectivity index is 2.11. The highest BCUT2D eigenvalue weighted by molar-refractivity contribution is 8.18. The Bertz CT molecular complexity index is 521. The number of thioether (sulfide) groups is 1. The monoisotopic (exact) mass is 283 g/mol. The summed E-state index contributed by atoms with van der Waals surface area (Å²) in [5.41, 5.74) is 0. The zero-order valence-electron chi connectivity index (χ0n) is 9.16. The summed E-state index contributed by atoms with van der Waals surface area (Å²) in [5.74, 6) is -1.45. The maximum absolute atomic E-state index is 11.9. The third-order valence-electron chi connectivity index (χ3n) is 2.24. The Kier molecular flexibility index (Phi) is 3.83. The fraction of sp³-hybridized carbons (Fsp3) is 0.182. The normalized spacial score (nSPS) is 17.8. The van der Waals surface area contributed by atoms with Crippen LogP contribution in [0.5, 0.6) is 0 Å².